The summed E-state index contributed by atoms with van der Waals surface area (Å²) in [5.41, 5.74) is 2.78. The first-order chi connectivity index (χ1) is 10.2. The van der Waals surface area contributed by atoms with E-state index in [0.717, 1.165) is 30.0 Å². The van der Waals surface area contributed by atoms with Crippen LogP contribution in [0.2, 0.25) is 0 Å². The zero-order chi connectivity index (χ0) is 14.7. The molecule has 0 unspecified atom stereocenters. The van der Waals surface area contributed by atoms with Gasteiger partial charge in [0.1, 0.15) is 5.75 Å². The van der Waals surface area contributed by atoms with Crippen molar-refractivity contribution >= 4 is 17.3 Å². The highest BCUT2D eigenvalue weighted by Crippen LogP contribution is 2.23. The van der Waals surface area contributed by atoms with Crippen LogP contribution in [0.25, 0.3) is 0 Å². The minimum Gasteiger partial charge on any atom is -0.506 e. The quantitative estimate of drug-likeness (QED) is 0.905. The van der Waals surface area contributed by atoms with Gasteiger partial charge in [-0.3, -0.25) is 9.78 Å². The second kappa shape index (κ2) is 5.83. The van der Waals surface area contributed by atoms with Crippen molar-refractivity contribution in [1.82, 2.24) is 4.98 Å². The van der Waals surface area contributed by atoms with Crippen LogP contribution in [-0.2, 0) is 11.3 Å². The third-order valence-electron chi connectivity index (χ3n) is 3.54. The average molecular weight is 283 g/mol. The number of rotatable bonds is 4. The molecule has 0 spiro atoms. The van der Waals surface area contributed by atoms with Gasteiger partial charge in [-0.05, 0) is 42.8 Å². The molecule has 2 heterocycles. The number of amides is 1. The van der Waals surface area contributed by atoms with Crippen LogP contribution in [0.4, 0.5) is 11.4 Å². The Morgan fingerprint density at radius 3 is 2.62 bits per heavy atom. The van der Waals surface area contributed by atoms with Crippen molar-refractivity contribution in [2.75, 3.05) is 16.8 Å². The Balaban J connectivity index is 1.62. The molecule has 0 bridgehead atoms. The van der Waals surface area contributed by atoms with Gasteiger partial charge in [-0.1, -0.05) is 0 Å². The van der Waals surface area contributed by atoms with E-state index in [1.54, 1.807) is 12.1 Å². The molecule has 2 N–H and O–H groups in total. The van der Waals surface area contributed by atoms with Crippen molar-refractivity contribution in [1.29, 1.82) is 0 Å². The van der Waals surface area contributed by atoms with Crippen molar-refractivity contribution in [3.05, 3.63) is 48.3 Å². The maximum atomic E-state index is 11.7. The lowest BCUT2D eigenvalue weighted by molar-refractivity contribution is -0.117. The molecule has 0 aliphatic carbocycles. The van der Waals surface area contributed by atoms with Crippen LogP contribution >= 0.6 is 0 Å². The van der Waals surface area contributed by atoms with E-state index < -0.39 is 0 Å². The van der Waals surface area contributed by atoms with E-state index in [1.807, 2.05) is 29.2 Å². The van der Waals surface area contributed by atoms with Crippen molar-refractivity contribution in [2.24, 2.45) is 0 Å². The van der Waals surface area contributed by atoms with E-state index >= 15 is 0 Å². The Morgan fingerprint density at radius 2 is 2.00 bits per heavy atom. The third kappa shape index (κ3) is 3.13. The van der Waals surface area contributed by atoms with Crippen LogP contribution in [0, 0.1) is 0 Å². The normalized spacial score (nSPS) is 14.5. The van der Waals surface area contributed by atoms with E-state index in [-0.39, 0.29) is 11.7 Å². The number of nitrogens with one attached hydrogen (secondary N) is 1. The Bertz CT molecular complexity index is 623. The number of aromatic hydroxyl groups is 1. The number of carbonyl (C=O) groups is 1. The molecule has 1 aliphatic heterocycles. The van der Waals surface area contributed by atoms with E-state index in [0.29, 0.717) is 13.0 Å². The Hall–Kier alpha value is -2.56. The van der Waals surface area contributed by atoms with Crippen LogP contribution in [0.3, 0.4) is 0 Å². The summed E-state index contributed by atoms with van der Waals surface area (Å²) < 4.78 is 0. The number of anilines is 2. The summed E-state index contributed by atoms with van der Waals surface area (Å²) >= 11 is 0. The maximum Gasteiger partial charge on any atom is 0.227 e. The number of carbonyl (C=O) groups excluding carboxylic acids is 1. The Labute approximate surface area is 123 Å². The van der Waals surface area contributed by atoms with Crippen molar-refractivity contribution in [2.45, 2.75) is 19.4 Å². The van der Waals surface area contributed by atoms with Gasteiger partial charge in [0.25, 0.3) is 0 Å². The topological polar surface area (TPSA) is 65.5 Å². The largest absolute Gasteiger partial charge is 0.506 e. The number of hydrogen-bond donors (Lipinski definition) is 2. The fraction of sp³-hybridized carbons (Fsp3) is 0.250. The van der Waals surface area contributed by atoms with E-state index in [1.165, 1.54) is 6.20 Å². The molecule has 0 atom stereocenters. The lowest BCUT2D eigenvalue weighted by Gasteiger charge is -2.16. The van der Waals surface area contributed by atoms with E-state index in [4.69, 9.17) is 0 Å². The predicted octanol–water partition coefficient (Wildman–Crippen LogP) is 2.53. The lowest BCUT2D eigenvalue weighted by Crippen LogP contribution is -2.23. The first kappa shape index (κ1) is 13.4. The zero-order valence-electron chi connectivity index (χ0n) is 11.6. The minimum atomic E-state index is 0.165. The minimum absolute atomic E-state index is 0.165. The molecule has 21 heavy (non-hydrogen) atoms. The summed E-state index contributed by atoms with van der Waals surface area (Å²) in [4.78, 5) is 17.6. The number of hydrogen-bond acceptors (Lipinski definition) is 4. The van der Waals surface area contributed by atoms with Gasteiger partial charge in [0.2, 0.25) is 5.91 Å². The van der Waals surface area contributed by atoms with Gasteiger partial charge in [-0.2, -0.15) is 0 Å². The second-order valence-electron chi connectivity index (χ2n) is 5.06. The van der Waals surface area contributed by atoms with Gasteiger partial charge in [-0.25, -0.2) is 0 Å². The number of nitrogens with zero attached hydrogens (tertiary/aromatic N) is 2. The summed E-state index contributed by atoms with van der Waals surface area (Å²) in [5.74, 6) is 0.363. The molecule has 0 radical (unpaired) electrons. The molecule has 1 amide bonds. The highest BCUT2D eigenvalue weighted by molar-refractivity contribution is 5.95. The maximum absolute atomic E-state index is 11.7. The molecular weight excluding hydrogens is 266 g/mol. The first-order valence-corrected chi connectivity index (χ1v) is 7.00. The van der Waals surface area contributed by atoms with Gasteiger partial charge >= 0.3 is 0 Å². The average Bonchev–Trinajstić information content (AvgIpc) is 2.93. The fourth-order valence-corrected chi connectivity index (χ4v) is 2.39. The Kier molecular flexibility index (Phi) is 3.73. The number of aromatic nitrogens is 1. The molecule has 5 heteroatoms. The van der Waals surface area contributed by atoms with Gasteiger partial charge in [0, 0.05) is 24.3 Å². The third-order valence-corrected chi connectivity index (χ3v) is 3.54. The molecule has 1 aromatic heterocycles. The van der Waals surface area contributed by atoms with Crippen LogP contribution in [0.5, 0.6) is 5.75 Å². The SMILES string of the molecule is O=C1CCCN1c1ccc(NCc2ccc(O)cn2)cc1. The van der Waals surface area contributed by atoms with Crippen LogP contribution in [0.1, 0.15) is 18.5 Å². The molecule has 1 saturated heterocycles. The standard InChI is InChI=1S/C16H17N3O2/c20-15-8-5-13(18-11-15)10-17-12-3-6-14(7-4-12)19-9-1-2-16(19)21/h3-8,11,17,20H,1-2,9-10H2. The molecule has 1 aliphatic rings. The van der Waals surface area contributed by atoms with Crippen molar-refractivity contribution in [3.8, 4) is 5.75 Å². The van der Waals surface area contributed by atoms with Gasteiger partial charge in [0.15, 0.2) is 0 Å². The number of benzene rings is 1. The highest BCUT2D eigenvalue weighted by Gasteiger charge is 2.21. The molecular formula is C16H17N3O2. The number of pyridine rings is 1. The summed E-state index contributed by atoms with van der Waals surface area (Å²) in [5, 5.41) is 12.4. The predicted molar refractivity (Wildman–Crippen MR) is 81.3 cm³/mol. The molecule has 108 valence electrons. The zero-order valence-corrected chi connectivity index (χ0v) is 11.6. The summed E-state index contributed by atoms with van der Waals surface area (Å²) in [6.07, 6.45) is 3.01. The lowest BCUT2D eigenvalue weighted by atomic mass is 10.2. The summed E-state index contributed by atoms with van der Waals surface area (Å²) in [7, 11) is 0. The molecule has 2 aromatic rings. The summed E-state index contributed by atoms with van der Waals surface area (Å²) in [6, 6.07) is 11.2. The Morgan fingerprint density at radius 1 is 1.19 bits per heavy atom. The second-order valence-corrected chi connectivity index (χ2v) is 5.06. The van der Waals surface area contributed by atoms with Crippen molar-refractivity contribution < 1.29 is 9.90 Å². The van der Waals surface area contributed by atoms with Gasteiger partial charge < -0.3 is 15.3 Å². The van der Waals surface area contributed by atoms with Crippen LogP contribution in [-0.4, -0.2) is 22.5 Å². The smallest absolute Gasteiger partial charge is 0.227 e. The molecule has 1 fully saturated rings. The van der Waals surface area contributed by atoms with E-state index in [9.17, 15) is 9.90 Å². The van der Waals surface area contributed by atoms with Crippen LogP contribution in [0.15, 0.2) is 42.6 Å². The van der Waals surface area contributed by atoms with Crippen molar-refractivity contribution in [3.63, 3.8) is 0 Å². The van der Waals surface area contributed by atoms with Crippen LogP contribution < -0.4 is 10.2 Å². The highest BCUT2D eigenvalue weighted by atomic mass is 16.3. The molecule has 1 aromatic carbocycles. The molecule has 0 saturated carbocycles. The van der Waals surface area contributed by atoms with Gasteiger partial charge in [-0.15, -0.1) is 0 Å². The monoisotopic (exact) mass is 283 g/mol. The molecule has 5 nitrogen and oxygen atoms in total. The first-order valence-electron chi connectivity index (χ1n) is 7.00. The van der Waals surface area contributed by atoms with E-state index in [2.05, 4.69) is 10.3 Å². The fourth-order valence-electron chi connectivity index (χ4n) is 2.39. The van der Waals surface area contributed by atoms with Gasteiger partial charge in [0.05, 0.1) is 18.4 Å². The molecule has 3 rings (SSSR count). The summed E-state index contributed by atoms with van der Waals surface area (Å²) in [6.45, 7) is 1.39.